The molecule has 82 valence electrons. The number of nitrogens with one attached hydrogen (secondary N) is 1. The first-order chi connectivity index (χ1) is 7.25. The highest BCUT2D eigenvalue weighted by Crippen LogP contribution is 2.22. The topological polar surface area (TPSA) is 28.2 Å². The smallest absolute Gasteiger partial charge is 0.126 e. The Hall–Kier alpha value is -1.25. The molecule has 1 heterocycles. The minimum Gasteiger partial charge on any atom is -0.376 e. The maximum absolute atomic E-state index is 4.41. The zero-order valence-corrected chi connectivity index (χ0v) is 9.53. The summed E-state index contributed by atoms with van der Waals surface area (Å²) in [5.41, 5.74) is 1.15. The molecule has 1 aliphatic rings. The molecule has 0 aromatic carbocycles. The van der Waals surface area contributed by atoms with Crippen molar-refractivity contribution in [2.24, 2.45) is 0 Å². The van der Waals surface area contributed by atoms with Crippen LogP contribution in [0.4, 0.5) is 11.5 Å². The van der Waals surface area contributed by atoms with Crippen LogP contribution in [0.2, 0.25) is 0 Å². The van der Waals surface area contributed by atoms with Crippen molar-refractivity contribution in [2.75, 3.05) is 24.3 Å². The number of pyridine rings is 1. The second kappa shape index (κ2) is 4.51. The Kier molecular flexibility index (Phi) is 3.09. The number of rotatable bonds is 3. The van der Waals surface area contributed by atoms with Crippen LogP contribution in [0.15, 0.2) is 18.3 Å². The van der Waals surface area contributed by atoms with Gasteiger partial charge in [0.2, 0.25) is 0 Å². The summed E-state index contributed by atoms with van der Waals surface area (Å²) in [4.78, 5) is 6.47. The molecular weight excluding hydrogens is 186 g/mol. The van der Waals surface area contributed by atoms with E-state index in [0.29, 0.717) is 6.04 Å². The number of hydrogen-bond donors (Lipinski definition) is 1. The van der Waals surface area contributed by atoms with Gasteiger partial charge in [-0.1, -0.05) is 12.8 Å². The molecular formula is C12H19N3. The standard InChI is InChI=1S/C12H19N3/c1-15(2)11-7-8-12(13-9-11)14-10-5-3-4-6-10/h7-10H,3-6H2,1-2H3,(H,13,14). The molecule has 1 fully saturated rings. The van der Waals surface area contributed by atoms with Gasteiger partial charge < -0.3 is 10.2 Å². The summed E-state index contributed by atoms with van der Waals surface area (Å²) in [6.45, 7) is 0. The first-order valence-electron chi connectivity index (χ1n) is 5.65. The Morgan fingerprint density at radius 2 is 2.00 bits per heavy atom. The van der Waals surface area contributed by atoms with E-state index in [4.69, 9.17) is 0 Å². The van der Waals surface area contributed by atoms with Crippen molar-refractivity contribution in [2.45, 2.75) is 31.7 Å². The van der Waals surface area contributed by atoms with Crippen molar-refractivity contribution in [1.82, 2.24) is 4.98 Å². The summed E-state index contributed by atoms with van der Waals surface area (Å²) < 4.78 is 0. The number of anilines is 2. The molecule has 0 amide bonds. The molecule has 0 unspecified atom stereocenters. The lowest BCUT2D eigenvalue weighted by atomic mass is 10.2. The highest BCUT2D eigenvalue weighted by molar-refractivity contribution is 5.48. The van der Waals surface area contributed by atoms with Gasteiger partial charge in [-0.2, -0.15) is 0 Å². The fourth-order valence-electron chi connectivity index (χ4n) is 2.02. The van der Waals surface area contributed by atoms with E-state index >= 15 is 0 Å². The molecule has 3 nitrogen and oxygen atoms in total. The fraction of sp³-hybridized carbons (Fsp3) is 0.583. The second-order valence-corrected chi connectivity index (χ2v) is 4.42. The molecule has 1 aromatic rings. The van der Waals surface area contributed by atoms with Gasteiger partial charge in [-0.15, -0.1) is 0 Å². The Labute approximate surface area is 91.5 Å². The second-order valence-electron chi connectivity index (χ2n) is 4.42. The van der Waals surface area contributed by atoms with Crippen LogP contribution in [0.1, 0.15) is 25.7 Å². The molecule has 1 aromatic heterocycles. The Morgan fingerprint density at radius 3 is 2.53 bits per heavy atom. The number of hydrogen-bond acceptors (Lipinski definition) is 3. The van der Waals surface area contributed by atoms with Crippen LogP contribution in [-0.2, 0) is 0 Å². The SMILES string of the molecule is CN(C)c1ccc(NC2CCCC2)nc1. The molecule has 0 spiro atoms. The molecule has 1 saturated carbocycles. The summed E-state index contributed by atoms with van der Waals surface area (Å²) >= 11 is 0. The third kappa shape index (κ3) is 2.61. The van der Waals surface area contributed by atoms with Crippen LogP contribution in [0.3, 0.4) is 0 Å². The van der Waals surface area contributed by atoms with Gasteiger partial charge in [0.1, 0.15) is 5.82 Å². The highest BCUT2D eigenvalue weighted by atomic mass is 15.1. The minimum absolute atomic E-state index is 0.641. The van der Waals surface area contributed by atoms with Crippen molar-refractivity contribution in [3.05, 3.63) is 18.3 Å². The third-order valence-corrected chi connectivity index (χ3v) is 2.97. The van der Waals surface area contributed by atoms with Crippen LogP contribution in [0.25, 0.3) is 0 Å². The monoisotopic (exact) mass is 205 g/mol. The average molecular weight is 205 g/mol. The summed E-state index contributed by atoms with van der Waals surface area (Å²) in [5, 5.41) is 3.48. The van der Waals surface area contributed by atoms with Gasteiger partial charge >= 0.3 is 0 Å². The maximum atomic E-state index is 4.41. The molecule has 15 heavy (non-hydrogen) atoms. The predicted molar refractivity (Wildman–Crippen MR) is 64.4 cm³/mol. The van der Waals surface area contributed by atoms with E-state index in [-0.39, 0.29) is 0 Å². The van der Waals surface area contributed by atoms with Gasteiger partial charge in [-0.3, -0.25) is 0 Å². The molecule has 0 aliphatic heterocycles. The molecule has 0 atom stereocenters. The van der Waals surface area contributed by atoms with E-state index in [1.165, 1.54) is 25.7 Å². The summed E-state index contributed by atoms with van der Waals surface area (Å²) in [5.74, 6) is 1.01. The lowest BCUT2D eigenvalue weighted by Gasteiger charge is -2.15. The quantitative estimate of drug-likeness (QED) is 0.821. The van der Waals surface area contributed by atoms with Crippen LogP contribution < -0.4 is 10.2 Å². The normalized spacial score (nSPS) is 16.7. The lowest BCUT2D eigenvalue weighted by molar-refractivity contribution is 0.750. The molecule has 1 N–H and O–H groups in total. The van der Waals surface area contributed by atoms with E-state index in [9.17, 15) is 0 Å². The molecule has 0 saturated heterocycles. The van der Waals surface area contributed by atoms with Gasteiger partial charge in [-0.05, 0) is 25.0 Å². The average Bonchev–Trinajstić information content (AvgIpc) is 2.71. The highest BCUT2D eigenvalue weighted by Gasteiger charge is 2.14. The van der Waals surface area contributed by atoms with E-state index in [2.05, 4.69) is 27.3 Å². The van der Waals surface area contributed by atoms with Crippen molar-refractivity contribution in [1.29, 1.82) is 0 Å². The molecule has 1 aliphatic carbocycles. The van der Waals surface area contributed by atoms with Crippen molar-refractivity contribution in [3.63, 3.8) is 0 Å². The largest absolute Gasteiger partial charge is 0.376 e. The van der Waals surface area contributed by atoms with E-state index in [1.54, 1.807) is 0 Å². The first kappa shape index (κ1) is 10.3. The Balaban J connectivity index is 1.97. The maximum Gasteiger partial charge on any atom is 0.126 e. The van der Waals surface area contributed by atoms with Gasteiger partial charge in [0.05, 0.1) is 11.9 Å². The number of nitrogens with zero attached hydrogens (tertiary/aromatic N) is 2. The van der Waals surface area contributed by atoms with Crippen LogP contribution in [0, 0.1) is 0 Å². The molecule has 2 rings (SSSR count). The Bertz CT molecular complexity index is 299. The van der Waals surface area contributed by atoms with Gasteiger partial charge in [0, 0.05) is 20.1 Å². The lowest BCUT2D eigenvalue weighted by Crippen LogP contribution is -2.16. The zero-order chi connectivity index (χ0) is 10.7. The summed E-state index contributed by atoms with van der Waals surface area (Å²) in [7, 11) is 4.06. The van der Waals surface area contributed by atoms with Crippen molar-refractivity contribution >= 4 is 11.5 Å². The first-order valence-corrected chi connectivity index (χ1v) is 5.65. The fourth-order valence-corrected chi connectivity index (χ4v) is 2.02. The van der Waals surface area contributed by atoms with Crippen LogP contribution in [0.5, 0.6) is 0 Å². The van der Waals surface area contributed by atoms with Gasteiger partial charge in [0.15, 0.2) is 0 Å². The van der Waals surface area contributed by atoms with Crippen molar-refractivity contribution in [3.8, 4) is 0 Å². The van der Waals surface area contributed by atoms with Gasteiger partial charge in [-0.25, -0.2) is 4.98 Å². The summed E-state index contributed by atoms with van der Waals surface area (Å²) in [6.07, 6.45) is 7.20. The molecule has 0 radical (unpaired) electrons. The number of aromatic nitrogens is 1. The van der Waals surface area contributed by atoms with Crippen LogP contribution >= 0.6 is 0 Å². The Morgan fingerprint density at radius 1 is 1.27 bits per heavy atom. The van der Waals surface area contributed by atoms with E-state index < -0.39 is 0 Å². The summed E-state index contributed by atoms with van der Waals surface area (Å²) in [6, 6.07) is 4.81. The van der Waals surface area contributed by atoms with Crippen LogP contribution in [-0.4, -0.2) is 25.1 Å². The third-order valence-electron chi connectivity index (χ3n) is 2.97. The van der Waals surface area contributed by atoms with E-state index in [1.807, 2.05) is 20.3 Å². The zero-order valence-electron chi connectivity index (χ0n) is 9.53. The molecule has 0 bridgehead atoms. The van der Waals surface area contributed by atoms with Gasteiger partial charge in [0.25, 0.3) is 0 Å². The predicted octanol–water partition coefficient (Wildman–Crippen LogP) is 2.50. The minimum atomic E-state index is 0.641. The van der Waals surface area contributed by atoms with E-state index in [0.717, 1.165) is 11.5 Å². The van der Waals surface area contributed by atoms with Crippen molar-refractivity contribution < 1.29 is 0 Å². The molecule has 3 heteroatoms.